The molecule has 5 nitrogen and oxygen atoms in total. The molecule has 0 spiro atoms. The molecular weight excluding hydrogens is 492 g/mol. The molecule has 1 aliphatic rings. The van der Waals surface area contributed by atoms with Crippen LogP contribution in [0, 0.1) is 0 Å². The zero-order chi connectivity index (χ0) is 23.5. The van der Waals surface area contributed by atoms with Gasteiger partial charge in [0.1, 0.15) is 18.1 Å². The topological polar surface area (TPSA) is 58.6 Å². The summed E-state index contributed by atoms with van der Waals surface area (Å²) in [6.45, 7) is 0.664. The monoisotopic (exact) mass is 512 g/mol. The Bertz CT molecular complexity index is 1410. The number of hydrogen-bond acceptors (Lipinski definition) is 3. The molecule has 6 heteroatoms. The van der Waals surface area contributed by atoms with Gasteiger partial charge in [0.2, 0.25) is 0 Å². The summed E-state index contributed by atoms with van der Waals surface area (Å²) in [5.41, 5.74) is 3.02. The van der Waals surface area contributed by atoms with E-state index in [1.807, 2.05) is 66.7 Å². The molecule has 3 amide bonds. The Morgan fingerprint density at radius 1 is 0.882 bits per heavy atom. The fourth-order valence-corrected chi connectivity index (χ4v) is 4.46. The van der Waals surface area contributed by atoms with E-state index < -0.39 is 6.03 Å². The number of rotatable bonds is 6. The third-order valence-electron chi connectivity index (χ3n) is 5.68. The van der Waals surface area contributed by atoms with Crippen LogP contribution in [0.3, 0.4) is 0 Å². The van der Waals surface area contributed by atoms with Crippen molar-refractivity contribution in [1.29, 1.82) is 0 Å². The predicted molar refractivity (Wildman–Crippen MR) is 136 cm³/mol. The van der Waals surface area contributed by atoms with E-state index in [0.717, 1.165) is 26.5 Å². The summed E-state index contributed by atoms with van der Waals surface area (Å²) < 4.78 is 6.83. The molecule has 0 saturated carbocycles. The molecule has 0 unspecified atom stereocenters. The molecule has 34 heavy (non-hydrogen) atoms. The normalized spacial score (nSPS) is 14.6. The Morgan fingerprint density at radius 2 is 1.65 bits per heavy atom. The number of amides is 3. The van der Waals surface area contributed by atoms with Crippen LogP contribution in [0.15, 0.2) is 101 Å². The van der Waals surface area contributed by atoms with Gasteiger partial charge in [-0.25, -0.2) is 4.79 Å². The second-order valence-corrected chi connectivity index (χ2v) is 8.84. The summed E-state index contributed by atoms with van der Waals surface area (Å²) in [6, 6.07) is 29.0. The predicted octanol–water partition coefficient (Wildman–Crippen LogP) is 6.27. The average molecular weight is 513 g/mol. The fraction of sp³-hybridized carbons (Fsp3) is 0.0714. The van der Waals surface area contributed by atoms with Gasteiger partial charge in [0.25, 0.3) is 5.91 Å². The highest BCUT2D eigenvalue weighted by molar-refractivity contribution is 9.10. The SMILES string of the molecule is O=C1N/C(=C/c2ccc(OCc3cccc4ccccc34)c(Br)c2)C(=O)N1Cc1ccccc1. The van der Waals surface area contributed by atoms with Gasteiger partial charge in [-0.15, -0.1) is 0 Å². The first-order chi connectivity index (χ1) is 16.6. The number of carbonyl (C=O) groups excluding carboxylic acids is 2. The minimum atomic E-state index is -0.422. The quantitative estimate of drug-likeness (QED) is 0.244. The lowest BCUT2D eigenvalue weighted by Crippen LogP contribution is -2.30. The number of benzene rings is 4. The summed E-state index contributed by atoms with van der Waals surface area (Å²) in [5.74, 6) is 0.351. The van der Waals surface area contributed by atoms with Crippen molar-refractivity contribution in [1.82, 2.24) is 10.2 Å². The molecule has 0 aromatic heterocycles. The zero-order valence-electron chi connectivity index (χ0n) is 18.2. The van der Waals surface area contributed by atoms with E-state index in [1.54, 1.807) is 6.08 Å². The van der Waals surface area contributed by atoms with Crippen LogP contribution in [-0.2, 0) is 17.9 Å². The number of carbonyl (C=O) groups is 2. The molecule has 0 radical (unpaired) electrons. The van der Waals surface area contributed by atoms with Crippen molar-refractivity contribution >= 4 is 44.7 Å². The van der Waals surface area contributed by atoms with E-state index in [4.69, 9.17) is 4.74 Å². The van der Waals surface area contributed by atoms with Crippen LogP contribution in [0.4, 0.5) is 4.79 Å². The van der Waals surface area contributed by atoms with Crippen molar-refractivity contribution in [2.24, 2.45) is 0 Å². The summed E-state index contributed by atoms with van der Waals surface area (Å²) in [6.07, 6.45) is 1.67. The van der Waals surface area contributed by atoms with Gasteiger partial charge in [0, 0.05) is 0 Å². The van der Waals surface area contributed by atoms with Gasteiger partial charge in [-0.1, -0.05) is 78.9 Å². The lowest BCUT2D eigenvalue weighted by atomic mass is 10.1. The summed E-state index contributed by atoms with van der Waals surface area (Å²) >= 11 is 3.57. The van der Waals surface area contributed by atoms with E-state index in [0.29, 0.717) is 12.4 Å². The largest absolute Gasteiger partial charge is 0.488 e. The number of nitrogens with zero attached hydrogens (tertiary/aromatic N) is 1. The molecule has 1 aliphatic heterocycles. The third kappa shape index (κ3) is 4.58. The van der Waals surface area contributed by atoms with E-state index in [-0.39, 0.29) is 18.1 Å². The lowest BCUT2D eigenvalue weighted by Gasteiger charge is -2.11. The molecule has 1 heterocycles. The highest BCUT2D eigenvalue weighted by atomic mass is 79.9. The second-order valence-electron chi connectivity index (χ2n) is 7.98. The van der Waals surface area contributed by atoms with Gasteiger partial charge in [-0.3, -0.25) is 9.69 Å². The zero-order valence-corrected chi connectivity index (χ0v) is 19.8. The standard InChI is InChI=1S/C28H21BrN2O3/c29-24-15-20(16-25-27(32)31(28(33)30-25)17-19-7-2-1-3-8-19)13-14-26(24)34-18-22-11-6-10-21-9-4-5-12-23(21)22/h1-16H,17-18H2,(H,30,33)/b25-16+. The first-order valence-corrected chi connectivity index (χ1v) is 11.7. The first-order valence-electron chi connectivity index (χ1n) is 10.9. The van der Waals surface area contributed by atoms with E-state index in [1.165, 1.54) is 10.3 Å². The van der Waals surface area contributed by atoms with Crippen molar-refractivity contribution in [3.63, 3.8) is 0 Å². The van der Waals surface area contributed by atoms with E-state index >= 15 is 0 Å². The van der Waals surface area contributed by atoms with Crippen molar-refractivity contribution in [2.45, 2.75) is 13.2 Å². The Labute approximate surface area is 205 Å². The Kier molecular flexibility index (Phi) is 6.14. The Balaban J connectivity index is 1.30. The molecule has 4 aromatic rings. The number of hydrogen-bond donors (Lipinski definition) is 1. The number of ether oxygens (including phenoxy) is 1. The fourth-order valence-electron chi connectivity index (χ4n) is 3.95. The molecule has 168 valence electrons. The van der Waals surface area contributed by atoms with Crippen LogP contribution < -0.4 is 10.1 Å². The highest BCUT2D eigenvalue weighted by Gasteiger charge is 2.33. The minimum absolute atomic E-state index is 0.230. The molecule has 0 aliphatic carbocycles. The summed E-state index contributed by atoms with van der Waals surface area (Å²) in [7, 11) is 0. The molecule has 0 atom stereocenters. The summed E-state index contributed by atoms with van der Waals surface area (Å²) in [4.78, 5) is 26.3. The molecule has 1 fully saturated rings. The van der Waals surface area contributed by atoms with Crippen LogP contribution in [0.2, 0.25) is 0 Å². The van der Waals surface area contributed by atoms with Crippen LogP contribution in [0.25, 0.3) is 16.8 Å². The van der Waals surface area contributed by atoms with Crippen molar-refractivity contribution in [3.8, 4) is 5.75 Å². The Morgan fingerprint density at radius 3 is 2.47 bits per heavy atom. The first kappa shape index (κ1) is 21.9. The van der Waals surface area contributed by atoms with Crippen LogP contribution in [0.5, 0.6) is 5.75 Å². The van der Waals surface area contributed by atoms with Crippen LogP contribution in [0.1, 0.15) is 16.7 Å². The van der Waals surface area contributed by atoms with E-state index in [9.17, 15) is 9.59 Å². The van der Waals surface area contributed by atoms with Gasteiger partial charge < -0.3 is 10.1 Å². The maximum Gasteiger partial charge on any atom is 0.329 e. The van der Waals surface area contributed by atoms with Crippen LogP contribution >= 0.6 is 15.9 Å². The minimum Gasteiger partial charge on any atom is -0.488 e. The number of imide groups is 1. The smallest absolute Gasteiger partial charge is 0.329 e. The van der Waals surface area contributed by atoms with Gasteiger partial charge in [0.15, 0.2) is 0 Å². The van der Waals surface area contributed by atoms with Gasteiger partial charge in [-0.05, 0) is 61.6 Å². The molecule has 5 rings (SSSR count). The van der Waals surface area contributed by atoms with Gasteiger partial charge in [0.05, 0.1) is 11.0 Å². The summed E-state index contributed by atoms with van der Waals surface area (Å²) in [5, 5.41) is 5.01. The molecule has 1 N–H and O–H groups in total. The number of halogens is 1. The van der Waals surface area contributed by atoms with Gasteiger partial charge in [-0.2, -0.15) is 0 Å². The highest BCUT2D eigenvalue weighted by Crippen LogP contribution is 2.29. The van der Waals surface area contributed by atoms with Gasteiger partial charge >= 0.3 is 6.03 Å². The number of urea groups is 1. The number of nitrogens with one attached hydrogen (secondary N) is 1. The maximum absolute atomic E-state index is 12.8. The molecule has 4 aromatic carbocycles. The van der Waals surface area contributed by atoms with Crippen molar-refractivity contribution in [2.75, 3.05) is 0 Å². The number of fused-ring (bicyclic) bond motifs is 1. The second kappa shape index (κ2) is 9.53. The van der Waals surface area contributed by atoms with Crippen molar-refractivity contribution in [3.05, 3.63) is 118 Å². The molecule has 0 bridgehead atoms. The van der Waals surface area contributed by atoms with Crippen LogP contribution in [-0.4, -0.2) is 16.8 Å². The molecule has 1 saturated heterocycles. The average Bonchev–Trinajstić information content (AvgIpc) is 3.11. The Hall–Kier alpha value is -3.90. The molecular formula is C28H21BrN2O3. The van der Waals surface area contributed by atoms with Crippen molar-refractivity contribution < 1.29 is 14.3 Å². The lowest BCUT2D eigenvalue weighted by molar-refractivity contribution is -0.123. The van der Waals surface area contributed by atoms with E-state index in [2.05, 4.69) is 45.5 Å². The third-order valence-corrected chi connectivity index (χ3v) is 6.30. The maximum atomic E-state index is 12.8.